The zero-order chi connectivity index (χ0) is 16.9. The van der Waals surface area contributed by atoms with Crippen molar-refractivity contribution in [2.45, 2.75) is 6.04 Å². The van der Waals surface area contributed by atoms with E-state index in [1.165, 1.54) is 6.33 Å². The van der Waals surface area contributed by atoms with Crippen molar-refractivity contribution in [3.8, 4) is 11.4 Å². The molecule has 7 nitrogen and oxygen atoms in total. The SMILES string of the molecule is NC(=O)[C@H](NC(=O)c1cccc(-c2ncn[nH]2)c1)c1ccccc1. The summed E-state index contributed by atoms with van der Waals surface area (Å²) in [7, 11) is 0. The van der Waals surface area contributed by atoms with Crippen molar-refractivity contribution in [1.29, 1.82) is 0 Å². The fourth-order valence-corrected chi connectivity index (χ4v) is 2.33. The second-order valence-corrected chi connectivity index (χ2v) is 5.13. The number of nitrogens with zero attached hydrogens (tertiary/aromatic N) is 2. The van der Waals surface area contributed by atoms with E-state index in [1.54, 1.807) is 48.5 Å². The Hall–Kier alpha value is -3.48. The van der Waals surface area contributed by atoms with Crippen LogP contribution in [0.15, 0.2) is 60.9 Å². The molecule has 4 N–H and O–H groups in total. The number of carbonyl (C=O) groups excluding carboxylic acids is 2. The van der Waals surface area contributed by atoms with Crippen LogP contribution in [0.2, 0.25) is 0 Å². The van der Waals surface area contributed by atoms with E-state index in [0.717, 1.165) is 5.56 Å². The molecule has 0 spiro atoms. The normalized spacial score (nSPS) is 11.7. The predicted octanol–water partition coefficient (Wildman–Crippen LogP) is 1.43. The van der Waals surface area contributed by atoms with Crippen molar-refractivity contribution in [1.82, 2.24) is 20.5 Å². The van der Waals surface area contributed by atoms with Gasteiger partial charge in [-0.05, 0) is 17.7 Å². The zero-order valence-corrected chi connectivity index (χ0v) is 12.6. The summed E-state index contributed by atoms with van der Waals surface area (Å²) in [6.45, 7) is 0. The topological polar surface area (TPSA) is 114 Å². The summed E-state index contributed by atoms with van der Waals surface area (Å²) in [6, 6.07) is 14.8. The van der Waals surface area contributed by atoms with Crippen LogP contribution in [0.5, 0.6) is 0 Å². The van der Waals surface area contributed by atoms with Crippen LogP contribution in [0.4, 0.5) is 0 Å². The molecule has 1 aromatic heterocycles. The highest BCUT2D eigenvalue weighted by Gasteiger charge is 2.21. The largest absolute Gasteiger partial charge is 0.368 e. The zero-order valence-electron chi connectivity index (χ0n) is 12.6. The highest BCUT2D eigenvalue weighted by Crippen LogP contribution is 2.17. The molecule has 0 bridgehead atoms. The van der Waals surface area contributed by atoms with Gasteiger partial charge in [0, 0.05) is 11.1 Å². The Balaban J connectivity index is 1.84. The van der Waals surface area contributed by atoms with E-state index in [1.807, 2.05) is 6.07 Å². The average molecular weight is 321 g/mol. The Morgan fingerprint density at radius 1 is 1.08 bits per heavy atom. The van der Waals surface area contributed by atoms with Crippen molar-refractivity contribution >= 4 is 11.8 Å². The van der Waals surface area contributed by atoms with Crippen LogP contribution in [0.25, 0.3) is 11.4 Å². The lowest BCUT2D eigenvalue weighted by molar-refractivity contribution is -0.120. The lowest BCUT2D eigenvalue weighted by atomic mass is 10.0. The third-order valence-corrected chi connectivity index (χ3v) is 3.51. The van der Waals surface area contributed by atoms with Gasteiger partial charge in [-0.15, -0.1) is 0 Å². The number of carbonyl (C=O) groups is 2. The first-order valence-corrected chi connectivity index (χ1v) is 7.26. The number of H-pyrrole nitrogens is 1. The van der Waals surface area contributed by atoms with E-state index in [0.29, 0.717) is 17.0 Å². The third-order valence-electron chi connectivity index (χ3n) is 3.51. The van der Waals surface area contributed by atoms with E-state index >= 15 is 0 Å². The number of hydrogen-bond acceptors (Lipinski definition) is 4. The van der Waals surface area contributed by atoms with E-state index in [2.05, 4.69) is 20.5 Å². The maximum Gasteiger partial charge on any atom is 0.252 e. The molecule has 0 aliphatic heterocycles. The molecule has 120 valence electrons. The van der Waals surface area contributed by atoms with Gasteiger partial charge < -0.3 is 11.1 Å². The molecule has 0 aliphatic rings. The summed E-state index contributed by atoms with van der Waals surface area (Å²) in [5, 5.41) is 9.19. The quantitative estimate of drug-likeness (QED) is 0.659. The summed E-state index contributed by atoms with van der Waals surface area (Å²) >= 11 is 0. The number of aromatic nitrogens is 3. The number of benzene rings is 2. The molecule has 1 atom stereocenters. The predicted molar refractivity (Wildman–Crippen MR) is 87.7 cm³/mol. The summed E-state index contributed by atoms with van der Waals surface area (Å²) in [6.07, 6.45) is 1.39. The van der Waals surface area contributed by atoms with E-state index < -0.39 is 17.9 Å². The molecule has 24 heavy (non-hydrogen) atoms. The molecule has 0 saturated heterocycles. The molecule has 0 unspecified atom stereocenters. The second kappa shape index (κ2) is 6.74. The third kappa shape index (κ3) is 3.30. The molecular formula is C17H15N5O2. The maximum atomic E-state index is 12.5. The van der Waals surface area contributed by atoms with Gasteiger partial charge in [0.05, 0.1) is 0 Å². The number of aromatic amines is 1. The number of nitrogens with two attached hydrogens (primary N) is 1. The van der Waals surface area contributed by atoms with Crippen LogP contribution in [-0.4, -0.2) is 27.0 Å². The van der Waals surface area contributed by atoms with Crippen molar-refractivity contribution in [2.75, 3.05) is 0 Å². The summed E-state index contributed by atoms with van der Waals surface area (Å²) in [4.78, 5) is 28.2. The molecule has 0 saturated carbocycles. The van der Waals surface area contributed by atoms with Crippen molar-refractivity contribution in [3.63, 3.8) is 0 Å². The minimum Gasteiger partial charge on any atom is -0.368 e. The maximum absolute atomic E-state index is 12.5. The molecule has 1 heterocycles. The van der Waals surface area contributed by atoms with Crippen LogP contribution < -0.4 is 11.1 Å². The lowest BCUT2D eigenvalue weighted by Gasteiger charge is -2.16. The highest BCUT2D eigenvalue weighted by atomic mass is 16.2. The molecule has 0 fully saturated rings. The van der Waals surface area contributed by atoms with Gasteiger partial charge in [0.25, 0.3) is 5.91 Å². The first-order valence-electron chi connectivity index (χ1n) is 7.26. The molecule has 2 amide bonds. The van der Waals surface area contributed by atoms with Gasteiger partial charge in [0.1, 0.15) is 12.4 Å². The Morgan fingerprint density at radius 3 is 2.54 bits per heavy atom. The fraction of sp³-hybridized carbons (Fsp3) is 0.0588. The molecule has 3 rings (SSSR count). The first-order chi connectivity index (χ1) is 11.6. The van der Waals surface area contributed by atoms with Gasteiger partial charge in [0.2, 0.25) is 5.91 Å². The molecule has 0 aliphatic carbocycles. The van der Waals surface area contributed by atoms with E-state index in [-0.39, 0.29) is 0 Å². The Bertz CT molecular complexity index is 846. The lowest BCUT2D eigenvalue weighted by Crippen LogP contribution is -2.37. The first kappa shape index (κ1) is 15.4. The monoisotopic (exact) mass is 321 g/mol. The van der Waals surface area contributed by atoms with Crippen molar-refractivity contribution in [2.24, 2.45) is 5.73 Å². The second-order valence-electron chi connectivity index (χ2n) is 5.13. The summed E-state index contributed by atoms with van der Waals surface area (Å²) < 4.78 is 0. The van der Waals surface area contributed by atoms with Gasteiger partial charge in [0.15, 0.2) is 5.82 Å². The van der Waals surface area contributed by atoms with Crippen LogP contribution in [0, 0.1) is 0 Å². The molecule has 0 radical (unpaired) electrons. The van der Waals surface area contributed by atoms with Gasteiger partial charge in [-0.25, -0.2) is 4.98 Å². The van der Waals surface area contributed by atoms with Gasteiger partial charge in [-0.3, -0.25) is 14.7 Å². The number of amides is 2. The standard InChI is InChI=1S/C17H15N5O2/c18-15(23)14(11-5-2-1-3-6-11)21-17(24)13-8-4-7-12(9-13)16-19-10-20-22-16/h1-10,14H,(H2,18,23)(H,21,24)(H,19,20,22)/t14-/m1/s1. The van der Waals surface area contributed by atoms with Crippen LogP contribution in [0.1, 0.15) is 22.0 Å². The van der Waals surface area contributed by atoms with Crippen molar-refractivity contribution in [3.05, 3.63) is 72.1 Å². The average Bonchev–Trinajstić information content (AvgIpc) is 3.15. The Morgan fingerprint density at radius 2 is 1.88 bits per heavy atom. The Labute approximate surface area is 137 Å². The molecule has 3 aromatic rings. The number of rotatable bonds is 5. The molecule has 2 aromatic carbocycles. The smallest absolute Gasteiger partial charge is 0.252 e. The minimum atomic E-state index is -0.896. The number of primary amides is 1. The molecular weight excluding hydrogens is 306 g/mol. The number of nitrogens with one attached hydrogen (secondary N) is 2. The fourth-order valence-electron chi connectivity index (χ4n) is 2.33. The van der Waals surface area contributed by atoms with Gasteiger partial charge in [-0.1, -0.05) is 42.5 Å². The van der Waals surface area contributed by atoms with Crippen LogP contribution >= 0.6 is 0 Å². The minimum absolute atomic E-state index is 0.395. The summed E-state index contributed by atoms with van der Waals surface area (Å²) in [5.74, 6) is -0.468. The van der Waals surface area contributed by atoms with Gasteiger partial charge in [-0.2, -0.15) is 5.10 Å². The van der Waals surface area contributed by atoms with E-state index in [9.17, 15) is 9.59 Å². The van der Waals surface area contributed by atoms with Gasteiger partial charge >= 0.3 is 0 Å². The van der Waals surface area contributed by atoms with Crippen LogP contribution in [0.3, 0.4) is 0 Å². The van der Waals surface area contributed by atoms with Crippen LogP contribution in [-0.2, 0) is 4.79 Å². The molecule has 7 heteroatoms. The van der Waals surface area contributed by atoms with E-state index in [4.69, 9.17) is 5.73 Å². The highest BCUT2D eigenvalue weighted by molar-refractivity contribution is 5.98. The Kier molecular flexibility index (Phi) is 4.33. The summed E-state index contributed by atoms with van der Waals surface area (Å²) in [5.41, 5.74) is 7.17. The number of hydrogen-bond donors (Lipinski definition) is 3. The van der Waals surface area contributed by atoms with Crippen molar-refractivity contribution < 1.29 is 9.59 Å².